The van der Waals surface area contributed by atoms with E-state index in [0.717, 1.165) is 42.8 Å². The first-order chi connectivity index (χ1) is 40.7. The second-order valence-electron chi connectivity index (χ2n) is 20.0. The number of carbonyl (C=O) groups excluding carboxylic acids is 10. The highest BCUT2D eigenvalue weighted by Gasteiger charge is 2.33. The minimum absolute atomic E-state index is 0.00853. The number of hydrazone groups is 1. The van der Waals surface area contributed by atoms with Crippen molar-refractivity contribution in [1.29, 1.82) is 0 Å². The average molecular weight is 1220 g/mol. The molecular formula is C52H93N15O18. The van der Waals surface area contributed by atoms with E-state index in [2.05, 4.69) is 69.4 Å². The smallest absolute Gasteiger partial charge is 0.317 e. The number of aliphatic hydroxyl groups is 2. The van der Waals surface area contributed by atoms with Gasteiger partial charge in [0.1, 0.15) is 42.7 Å². The summed E-state index contributed by atoms with van der Waals surface area (Å²) >= 11 is 0. The Labute approximate surface area is 494 Å². The number of nitrogens with one attached hydrogen (secondary N) is 12. The molecule has 0 aliphatic carbocycles. The Kier molecular flexibility index (Phi) is 41.8. The quantitative estimate of drug-likeness (QED) is 0.0254. The Morgan fingerprint density at radius 1 is 0.541 bits per heavy atom. The van der Waals surface area contributed by atoms with Gasteiger partial charge in [-0.15, -0.1) is 10.6 Å². The lowest BCUT2D eigenvalue weighted by Gasteiger charge is -2.26. The van der Waals surface area contributed by atoms with Gasteiger partial charge >= 0.3 is 11.9 Å². The molecule has 0 saturated heterocycles. The summed E-state index contributed by atoms with van der Waals surface area (Å²) < 4.78 is 10.7. The first-order valence-corrected chi connectivity index (χ1v) is 28.9. The number of nitrogens with zero attached hydrogens (tertiary/aromatic N) is 2. The number of hydrogen-bond donors (Lipinski definition) is 17. The van der Waals surface area contributed by atoms with Crippen molar-refractivity contribution < 1.29 is 87.4 Å². The molecule has 0 aromatic heterocycles. The number of carbonyl (C=O) groups is 12. The number of nitrogens with two attached hydrogens (primary N) is 1. The first kappa shape index (κ1) is 75.7. The van der Waals surface area contributed by atoms with Crippen LogP contribution in [0.2, 0.25) is 0 Å². The molecule has 5 atom stereocenters. The van der Waals surface area contributed by atoms with Gasteiger partial charge in [0.05, 0.1) is 59.2 Å². The summed E-state index contributed by atoms with van der Waals surface area (Å²) in [5.74, 6) is -10.9. The third-order valence-electron chi connectivity index (χ3n) is 12.8. The minimum atomic E-state index is -1.91. The van der Waals surface area contributed by atoms with E-state index >= 15 is 0 Å². The summed E-state index contributed by atoms with van der Waals surface area (Å²) in [4.78, 5) is 152. The van der Waals surface area contributed by atoms with E-state index in [9.17, 15) is 67.7 Å². The molecule has 0 aromatic rings. The number of hydrogen-bond acceptors (Lipinski definition) is 21. The van der Waals surface area contributed by atoms with Crippen LogP contribution in [0, 0.1) is 0 Å². The fraction of sp³-hybridized carbons (Fsp3) is 0.750. The zero-order chi connectivity index (χ0) is 63.2. The Hall–Kier alpha value is -7.33. The van der Waals surface area contributed by atoms with Crippen molar-refractivity contribution in [1.82, 2.24) is 69.2 Å². The molecule has 1 rings (SSSR count). The molecular weight excluding hydrogens is 1120 g/mol. The molecule has 0 spiro atoms. The van der Waals surface area contributed by atoms with E-state index in [0.29, 0.717) is 25.8 Å². The van der Waals surface area contributed by atoms with Gasteiger partial charge in [-0.2, -0.15) is 0 Å². The number of amides is 10. The van der Waals surface area contributed by atoms with Gasteiger partial charge in [0, 0.05) is 39.4 Å². The molecule has 85 heavy (non-hydrogen) atoms. The lowest BCUT2D eigenvalue weighted by molar-refractivity contribution is -0.142. The average Bonchev–Trinajstić information content (AvgIpc) is 4.17. The topological polar surface area (TPSA) is 490 Å². The van der Waals surface area contributed by atoms with E-state index in [-0.39, 0.29) is 32.1 Å². The molecule has 33 nitrogen and oxygen atoms in total. The number of likely N-dealkylation sites (N-methyl/N-ethyl adjacent to an activating group) is 1. The summed E-state index contributed by atoms with van der Waals surface area (Å²) in [6.45, 7) is -4.10. The summed E-state index contributed by atoms with van der Waals surface area (Å²) in [6, 6.07) is -8.26. The second kappa shape index (κ2) is 47.0. The van der Waals surface area contributed by atoms with Gasteiger partial charge in [-0.05, 0) is 25.7 Å². The van der Waals surface area contributed by atoms with Gasteiger partial charge in [0.25, 0.3) is 0 Å². The number of aliphatic hydroxyl groups excluding tert-OH is 2. The van der Waals surface area contributed by atoms with Crippen LogP contribution >= 0.6 is 0 Å². The molecule has 1 aliphatic rings. The Morgan fingerprint density at radius 3 is 1.60 bits per heavy atom. The fourth-order valence-corrected chi connectivity index (χ4v) is 8.19. The molecule has 1 heterocycles. The number of unbranched alkanes of at least 4 members (excludes halogenated alkanes) is 13. The van der Waals surface area contributed by atoms with Crippen LogP contribution in [-0.2, 0) is 67.0 Å². The maximum Gasteiger partial charge on any atom is 0.317 e. The molecule has 0 saturated carbocycles. The highest BCUT2D eigenvalue weighted by molar-refractivity contribution is 5.97. The number of aliphatic carboxylic acids is 2. The van der Waals surface area contributed by atoms with Crippen LogP contribution in [0.3, 0.4) is 0 Å². The molecule has 0 fully saturated rings. The largest absolute Gasteiger partial charge is 0.480 e. The van der Waals surface area contributed by atoms with E-state index < -0.39 is 161 Å². The van der Waals surface area contributed by atoms with Crippen LogP contribution in [-0.4, -0.2) is 218 Å². The molecule has 484 valence electrons. The fourth-order valence-electron chi connectivity index (χ4n) is 8.19. The van der Waals surface area contributed by atoms with Gasteiger partial charge in [-0.3, -0.25) is 67.9 Å². The zero-order valence-corrected chi connectivity index (χ0v) is 49.0. The van der Waals surface area contributed by atoms with E-state index in [1.807, 2.05) is 6.92 Å². The maximum atomic E-state index is 13.6. The van der Waals surface area contributed by atoms with E-state index in [1.165, 1.54) is 64.8 Å². The zero-order valence-electron chi connectivity index (χ0n) is 49.0. The molecule has 0 bridgehead atoms. The van der Waals surface area contributed by atoms with Gasteiger partial charge in [-0.25, -0.2) is 5.53 Å². The molecule has 10 amide bonds. The monoisotopic (exact) mass is 1220 g/mol. The van der Waals surface area contributed by atoms with Crippen molar-refractivity contribution in [3.63, 3.8) is 0 Å². The normalized spacial score (nSPS) is 13.4. The summed E-state index contributed by atoms with van der Waals surface area (Å²) in [5, 5.41) is 63.5. The Bertz CT molecular complexity index is 2110. The number of rotatable bonds is 52. The summed E-state index contributed by atoms with van der Waals surface area (Å²) in [6.07, 6.45) is 16.8. The van der Waals surface area contributed by atoms with Crippen molar-refractivity contribution in [2.24, 2.45) is 10.8 Å². The standard InChI is InChI=1S/C52H93N15O18/c1-3-4-18-35(48(79)54-2)59-50(81)37(27-56-44(73)29-67(30-46(75)76)31-47(77)78)61-52(83)39(33-69)62-49(80)36(21-22-40(53)70)60-51(82)38(32-68)58-43(72)28-57-45(74)34-85-26-25-84-24-23-55-42(71)20-17-15-13-11-9-7-5-6-8-10-12-14-16-19-41-63-65-66-64-41/h35-39,65-66,68-69H,3-34H2,1-2H3,(H2,53,70)(H,54,79)(H,55,71)(H,56,73)(H,57,74)(H,58,72)(H,59,81)(H,60,82)(H,61,83)(H,62,80)(H,63,64)(H,75,76)(H,77,78). The third kappa shape index (κ3) is 38.3. The first-order valence-electron chi connectivity index (χ1n) is 28.9. The Morgan fingerprint density at radius 2 is 1.06 bits per heavy atom. The van der Waals surface area contributed by atoms with Gasteiger partial charge in [-0.1, -0.05) is 90.4 Å². The summed E-state index contributed by atoms with van der Waals surface area (Å²) in [5.41, 5.74) is 13.6. The lowest BCUT2D eigenvalue weighted by Crippen LogP contribution is -2.62. The highest BCUT2D eigenvalue weighted by atomic mass is 16.5. The maximum absolute atomic E-state index is 13.6. The number of ether oxygens (including phenoxy) is 2. The van der Waals surface area contributed by atoms with Crippen molar-refractivity contribution in [2.75, 3.05) is 86.0 Å². The van der Waals surface area contributed by atoms with Crippen molar-refractivity contribution in [2.45, 2.75) is 166 Å². The van der Waals surface area contributed by atoms with Crippen molar-refractivity contribution in [3.05, 3.63) is 0 Å². The summed E-state index contributed by atoms with van der Waals surface area (Å²) in [7, 11) is 1.31. The molecule has 18 N–H and O–H groups in total. The minimum Gasteiger partial charge on any atom is -0.480 e. The van der Waals surface area contributed by atoms with Crippen molar-refractivity contribution in [3.8, 4) is 0 Å². The Balaban J connectivity index is 2.57. The SMILES string of the molecule is CCCCC(NC(=O)C(CNC(=O)CN(CC(=O)O)CC(=O)O)NC(=O)C(CO)NC(=O)C(CCC(N)=O)NC(=O)C(CO)NC(=O)CNC(=O)COCCOCCNC(=O)CCCCCCCCCCCCCCCC1=NNNN1)C(=O)NC. The van der Waals surface area contributed by atoms with Gasteiger partial charge in [0.2, 0.25) is 59.1 Å². The number of hydrazine groups is 2. The van der Waals surface area contributed by atoms with Crippen LogP contribution in [0.4, 0.5) is 0 Å². The number of amidine groups is 1. The van der Waals surface area contributed by atoms with Crippen LogP contribution in [0.1, 0.15) is 135 Å². The van der Waals surface area contributed by atoms with Gasteiger partial charge < -0.3 is 83.5 Å². The predicted octanol–water partition coefficient (Wildman–Crippen LogP) is -4.77. The third-order valence-corrected chi connectivity index (χ3v) is 12.8. The molecule has 0 aromatic carbocycles. The molecule has 0 radical (unpaired) electrons. The second-order valence-corrected chi connectivity index (χ2v) is 20.0. The van der Waals surface area contributed by atoms with E-state index in [4.69, 9.17) is 25.4 Å². The van der Waals surface area contributed by atoms with Gasteiger partial charge in [0.15, 0.2) is 0 Å². The van der Waals surface area contributed by atoms with E-state index in [1.54, 1.807) is 0 Å². The lowest BCUT2D eigenvalue weighted by atomic mass is 10.0. The van der Waals surface area contributed by atoms with Crippen molar-refractivity contribution >= 4 is 76.8 Å². The predicted molar refractivity (Wildman–Crippen MR) is 304 cm³/mol. The number of carboxylic acid groups (broad SMARTS) is 2. The van der Waals surface area contributed by atoms with Crippen LogP contribution in [0.5, 0.6) is 0 Å². The molecule has 1 aliphatic heterocycles. The van der Waals surface area contributed by atoms with Crippen LogP contribution in [0.25, 0.3) is 0 Å². The number of carboxylic acids is 2. The highest BCUT2D eigenvalue weighted by Crippen LogP contribution is 2.14. The van der Waals surface area contributed by atoms with Crippen LogP contribution in [0.15, 0.2) is 5.10 Å². The number of primary amides is 1. The van der Waals surface area contributed by atoms with Crippen LogP contribution < -0.4 is 70.1 Å². The molecule has 33 heteroatoms. The molecule has 5 unspecified atom stereocenters.